The van der Waals surface area contributed by atoms with Crippen molar-refractivity contribution in [2.45, 2.75) is 40.2 Å². The number of rotatable bonds is 5. The minimum absolute atomic E-state index is 0.0709. The van der Waals surface area contributed by atoms with Gasteiger partial charge in [0.2, 0.25) is 0 Å². The molecule has 0 N–H and O–H groups in total. The van der Waals surface area contributed by atoms with Crippen LogP contribution in [0.5, 0.6) is 11.5 Å². The summed E-state index contributed by atoms with van der Waals surface area (Å²) in [5, 5.41) is 0.495. The van der Waals surface area contributed by atoms with Crippen LogP contribution in [0.15, 0.2) is 47.3 Å². The van der Waals surface area contributed by atoms with E-state index in [0.29, 0.717) is 65.8 Å². The molecule has 0 spiro atoms. The van der Waals surface area contributed by atoms with E-state index in [9.17, 15) is 4.79 Å². The van der Waals surface area contributed by atoms with Crippen molar-refractivity contribution in [1.29, 1.82) is 0 Å². The Hall–Kier alpha value is -3.94. The number of para-hydroxylation sites is 2. The first-order chi connectivity index (χ1) is 17.0. The van der Waals surface area contributed by atoms with E-state index in [4.69, 9.17) is 24.4 Å². The van der Waals surface area contributed by atoms with Gasteiger partial charge in [-0.3, -0.25) is 13.9 Å². The molecule has 2 aromatic carbocycles. The molecule has 1 aliphatic heterocycles. The zero-order valence-corrected chi connectivity index (χ0v) is 20.1. The Morgan fingerprint density at radius 3 is 2.43 bits per heavy atom. The fraction of sp³-hybridized carbons (Fsp3) is 0.333. The minimum atomic E-state index is -0.0709. The van der Waals surface area contributed by atoms with Gasteiger partial charge in [0.05, 0.1) is 16.7 Å². The molecular formula is C27H27N5O3. The Labute approximate surface area is 202 Å². The predicted molar refractivity (Wildman–Crippen MR) is 136 cm³/mol. The van der Waals surface area contributed by atoms with Crippen molar-refractivity contribution in [1.82, 2.24) is 24.1 Å². The van der Waals surface area contributed by atoms with Crippen LogP contribution < -0.4 is 15.0 Å². The van der Waals surface area contributed by atoms with Crippen LogP contribution in [0.25, 0.3) is 38.9 Å². The molecule has 6 rings (SSSR count). The number of hydrogen-bond acceptors (Lipinski definition) is 6. The normalized spacial score (nSPS) is 13.4. The van der Waals surface area contributed by atoms with Crippen LogP contribution in [0.3, 0.4) is 0 Å². The monoisotopic (exact) mass is 469 g/mol. The summed E-state index contributed by atoms with van der Waals surface area (Å²) in [5.74, 6) is 2.61. The zero-order valence-electron chi connectivity index (χ0n) is 20.1. The molecular weight excluding hydrogens is 442 g/mol. The highest BCUT2D eigenvalue weighted by Gasteiger charge is 2.24. The summed E-state index contributed by atoms with van der Waals surface area (Å²) in [7, 11) is 0. The second kappa shape index (κ2) is 8.37. The molecule has 0 saturated heterocycles. The summed E-state index contributed by atoms with van der Waals surface area (Å²) in [6.07, 6.45) is 1.55. The molecule has 1 aliphatic rings. The van der Waals surface area contributed by atoms with E-state index >= 15 is 0 Å². The zero-order chi connectivity index (χ0) is 24.1. The Balaban J connectivity index is 1.72. The number of hydrogen-bond donors (Lipinski definition) is 0. The molecule has 0 atom stereocenters. The van der Waals surface area contributed by atoms with Gasteiger partial charge in [0.1, 0.15) is 29.9 Å². The van der Waals surface area contributed by atoms with Crippen LogP contribution in [0.4, 0.5) is 0 Å². The van der Waals surface area contributed by atoms with Crippen LogP contribution in [0.2, 0.25) is 0 Å². The maximum absolute atomic E-state index is 13.9. The predicted octanol–water partition coefficient (Wildman–Crippen LogP) is 4.66. The lowest BCUT2D eigenvalue weighted by molar-refractivity contribution is 0.171. The topological polar surface area (TPSA) is 84.1 Å². The first kappa shape index (κ1) is 21.6. The molecule has 0 bridgehead atoms. The molecule has 8 nitrogen and oxygen atoms in total. The van der Waals surface area contributed by atoms with Gasteiger partial charge in [-0.25, -0.2) is 15.0 Å². The molecule has 0 amide bonds. The van der Waals surface area contributed by atoms with Crippen molar-refractivity contribution in [3.63, 3.8) is 0 Å². The summed E-state index contributed by atoms with van der Waals surface area (Å²) in [6, 6.07) is 13.5. The van der Waals surface area contributed by atoms with Gasteiger partial charge in [0.15, 0.2) is 22.8 Å². The highest BCUT2D eigenvalue weighted by Crippen LogP contribution is 2.35. The van der Waals surface area contributed by atoms with Gasteiger partial charge in [0.25, 0.3) is 5.56 Å². The first-order valence-corrected chi connectivity index (χ1v) is 12.2. The lowest BCUT2D eigenvalue weighted by atomic mass is 10.1. The van der Waals surface area contributed by atoms with Crippen LogP contribution >= 0.6 is 0 Å². The van der Waals surface area contributed by atoms with E-state index in [-0.39, 0.29) is 5.56 Å². The summed E-state index contributed by atoms with van der Waals surface area (Å²) >= 11 is 0. The molecule has 178 valence electrons. The van der Waals surface area contributed by atoms with Gasteiger partial charge in [-0.1, -0.05) is 32.9 Å². The standard InChI is InChI=1S/C27H27N5O3/c1-4-22-30-25-23(27(33)31(22)12-11-16(2)3)24-26(29-19-8-6-5-7-18(19)28-24)32(25)17-9-10-20-21(15-17)35-14-13-34-20/h5-10,15-16H,4,11-14H2,1-3H3. The molecule has 35 heavy (non-hydrogen) atoms. The molecule has 4 heterocycles. The van der Waals surface area contributed by atoms with Gasteiger partial charge in [-0.2, -0.15) is 0 Å². The number of nitrogens with zero attached hydrogens (tertiary/aromatic N) is 5. The van der Waals surface area contributed by atoms with Gasteiger partial charge >= 0.3 is 0 Å². The number of benzene rings is 2. The lowest BCUT2D eigenvalue weighted by Gasteiger charge is -2.19. The maximum Gasteiger partial charge on any atom is 0.265 e. The highest BCUT2D eigenvalue weighted by atomic mass is 16.6. The fourth-order valence-corrected chi connectivity index (χ4v) is 4.67. The lowest BCUT2D eigenvalue weighted by Crippen LogP contribution is -2.26. The molecule has 3 aromatic heterocycles. The largest absolute Gasteiger partial charge is 0.486 e. The fourth-order valence-electron chi connectivity index (χ4n) is 4.67. The second-order valence-electron chi connectivity index (χ2n) is 9.27. The van der Waals surface area contributed by atoms with Crippen LogP contribution in [0.1, 0.15) is 33.0 Å². The number of ether oxygens (including phenoxy) is 2. The van der Waals surface area contributed by atoms with Crippen LogP contribution in [-0.2, 0) is 13.0 Å². The average Bonchev–Trinajstić information content (AvgIpc) is 3.19. The summed E-state index contributed by atoms with van der Waals surface area (Å²) < 4.78 is 15.3. The number of aryl methyl sites for hydroxylation is 1. The molecule has 0 unspecified atom stereocenters. The van der Waals surface area contributed by atoms with E-state index < -0.39 is 0 Å². The first-order valence-electron chi connectivity index (χ1n) is 12.2. The average molecular weight is 470 g/mol. The van der Waals surface area contributed by atoms with Crippen molar-refractivity contribution in [3.8, 4) is 17.2 Å². The molecule has 0 saturated carbocycles. The third kappa shape index (κ3) is 3.51. The third-order valence-corrected chi connectivity index (χ3v) is 6.47. The summed E-state index contributed by atoms with van der Waals surface area (Å²) in [6.45, 7) is 7.99. The maximum atomic E-state index is 13.9. The summed E-state index contributed by atoms with van der Waals surface area (Å²) in [4.78, 5) is 28.8. The molecule has 0 radical (unpaired) electrons. The molecule has 5 aromatic rings. The van der Waals surface area contributed by atoms with E-state index in [2.05, 4.69) is 13.8 Å². The van der Waals surface area contributed by atoms with Crippen molar-refractivity contribution in [2.24, 2.45) is 5.92 Å². The summed E-state index contributed by atoms with van der Waals surface area (Å²) in [5.41, 5.74) is 3.96. The third-order valence-electron chi connectivity index (χ3n) is 6.47. The smallest absolute Gasteiger partial charge is 0.265 e. The highest BCUT2D eigenvalue weighted by molar-refractivity contribution is 6.05. The van der Waals surface area contributed by atoms with Gasteiger partial charge in [0, 0.05) is 19.0 Å². The van der Waals surface area contributed by atoms with Crippen LogP contribution in [-0.4, -0.2) is 37.3 Å². The van der Waals surface area contributed by atoms with E-state index in [0.717, 1.165) is 29.0 Å². The van der Waals surface area contributed by atoms with Crippen LogP contribution in [0, 0.1) is 5.92 Å². The molecule has 0 aliphatic carbocycles. The van der Waals surface area contributed by atoms with Crippen molar-refractivity contribution >= 4 is 33.2 Å². The SMILES string of the molecule is CCc1nc2c(c(=O)n1CCC(C)C)c1nc3ccccc3nc1n2-c1ccc2c(c1)OCCO2. The van der Waals surface area contributed by atoms with Crippen molar-refractivity contribution in [3.05, 3.63) is 58.6 Å². The van der Waals surface area contributed by atoms with Gasteiger partial charge in [-0.15, -0.1) is 0 Å². The number of fused-ring (bicyclic) bond motifs is 5. The van der Waals surface area contributed by atoms with Crippen molar-refractivity contribution < 1.29 is 9.47 Å². The Morgan fingerprint density at radius 2 is 1.69 bits per heavy atom. The molecule has 8 heteroatoms. The quantitative estimate of drug-likeness (QED) is 0.372. The van der Waals surface area contributed by atoms with E-state index in [1.54, 1.807) is 0 Å². The molecule has 0 fully saturated rings. The Kier molecular flexibility index (Phi) is 5.16. The minimum Gasteiger partial charge on any atom is -0.486 e. The number of aromatic nitrogens is 5. The Morgan fingerprint density at radius 1 is 0.943 bits per heavy atom. The van der Waals surface area contributed by atoms with Gasteiger partial charge in [-0.05, 0) is 36.6 Å². The van der Waals surface area contributed by atoms with E-state index in [1.165, 1.54) is 0 Å². The second-order valence-corrected chi connectivity index (χ2v) is 9.27. The van der Waals surface area contributed by atoms with E-state index in [1.807, 2.05) is 58.5 Å². The Bertz CT molecular complexity index is 1650. The van der Waals surface area contributed by atoms with Crippen molar-refractivity contribution in [2.75, 3.05) is 13.2 Å². The van der Waals surface area contributed by atoms with Gasteiger partial charge < -0.3 is 9.47 Å².